The predicted molar refractivity (Wildman–Crippen MR) is 112 cm³/mol. The first-order chi connectivity index (χ1) is 14.0. The zero-order valence-corrected chi connectivity index (χ0v) is 16.5. The third-order valence-corrected chi connectivity index (χ3v) is 6.70. The number of rotatable bonds is 5. The molecule has 4 rings (SSSR count). The minimum atomic E-state index is -1.34. The number of nitro groups is 1. The van der Waals surface area contributed by atoms with Crippen LogP contribution in [-0.2, 0) is 17.5 Å². The van der Waals surface area contributed by atoms with E-state index in [-0.39, 0.29) is 5.69 Å². The van der Waals surface area contributed by atoms with Gasteiger partial charge in [-0.1, -0.05) is 36.4 Å². The fourth-order valence-corrected chi connectivity index (χ4v) is 4.72. The lowest BCUT2D eigenvalue weighted by Crippen LogP contribution is -2.46. The number of hydrogen-bond acceptors (Lipinski definition) is 5. The van der Waals surface area contributed by atoms with Crippen LogP contribution >= 0.6 is 0 Å². The van der Waals surface area contributed by atoms with Crippen LogP contribution in [0.5, 0.6) is 5.75 Å². The topological polar surface area (TPSA) is 86.9 Å². The lowest BCUT2D eigenvalue weighted by Gasteiger charge is -2.33. The Labute approximate surface area is 170 Å². The van der Waals surface area contributed by atoms with Crippen molar-refractivity contribution >= 4 is 27.4 Å². The summed E-state index contributed by atoms with van der Waals surface area (Å²) in [6.07, 6.45) is 0. The fourth-order valence-electron chi connectivity index (χ4n) is 3.56. The molecular weight excluding hydrogens is 390 g/mol. The highest BCUT2D eigenvalue weighted by molar-refractivity contribution is 7.82. The van der Waals surface area contributed by atoms with E-state index < -0.39 is 15.9 Å². The van der Waals surface area contributed by atoms with Gasteiger partial charge in [-0.2, -0.15) is 0 Å². The van der Waals surface area contributed by atoms with Crippen molar-refractivity contribution in [2.75, 3.05) is 26.2 Å². The Kier molecular flexibility index (Phi) is 5.57. The molecule has 0 bridgehead atoms. The molecule has 0 radical (unpaired) electrons. The molecule has 3 aromatic carbocycles. The highest BCUT2D eigenvalue weighted by Gasteiger charge is 2.23. The second kappa shape index (κ2) is 8.28. The van der Waals surface area contributed by atoms with Crippen LogP contribution in [0.25, 0.3) is 10.8 Å². The molecule has 0 saturated carbocycles. The summed E-state index contributed by atoms with van der Waals surface area (Å²) in [5.41, 5.74) is 0.874. The lowest BCUT2D eigenvalue weighted by atomic mass is 10.0. The fraction of sp³-hybridized carbons (Fsp3) is 0.238. The molecule has 1 saturated heterocycles. The molecule has 1 unspecified atom stereocenters. The maximum absolute atomic E-state index is 12.8. The molecule has 7 nitrogen and oxygen atoms in total. The third-order valence-electron chi connectivity index (χ3n) is 5.19. The predicted octanol–water partition coefficient (Wildman–Crippen LogP) is 3.29. The molecule has 3 aromatic rings. The molecule has 1 N–H and O–H groups in total. The Morgan fingerprint density at radius 1 is 0.966 bits per heavy atom. The van der Waals surface area contributed by atoms with Crippen molar-refractivity contribution in [1.29, 1.82) is 0 Å². The van der Waals surface area contributed by atoms with E-state index in [4.69, 9.17) is 0 Å². The van der Waals surface area contributed by atoms with Crippen LogP contribution in [0.2, 0.25) is 0 Å². The van der Waals surface area contributed by atoms with Crippen LogP contribution in [-0.4, -0.2) is 49.6 Å². The van der Waals surface area contributed by atoms with E-state index in [1.165, 1.54) is 12.1 Å². The van der Waals surface area contributed by atoms with Crippen molar-refractivity contribution in [3.05, 3.63) is 76.3 Å². The van der Waals surface area contributed by atoms with Gasteiger partial charge in [-0.15, -0.1) is 0 Å². The Balaban J connectivity index is 1.39. The van der Waals surface area contributed by atoms with Gasteiger partial charge in [-0.05, 0) is 17.5 Å². The standard InChI is InChI=1S/C21H21N3O4S/c25-21-17(6-5-16-3-1-2-4-20(16)21)15-22-11-13-23(14-12-22)29(28)19-9-7-18(8-10-19)24(26)27/h1-10,25H,11-15H2. The van der Waals surface area contributed by atoms with Crippen molar-refractivity contribution in [2.45, 2.75) is 11.4 Å². The molecule has 8 heteroatoms. The van der Waals surface area contributed by atoms with Crippen molar-refractivity contribution in [1.82, 2.24) is 9.21 Å². The van der Waals surface area contributed by atoms with Crippen molar-refractivity contribution in [3.63, 3.8) is 0 Å². The van der Waals surface area contributed by atoms with Crippen molar-refractivity contribution in [3.8, 4) is 5.75 Å². The summed E-state index contributed by atoms with van der Waals surface area (Å²) in [5, 5.41) is 23.2. The van der Waals surface area contributed by atoms with E-state index >= 15 is 0 Å². The van der Waals surface area contributed by atoms with Gasteiger partial charge in [-0.3, -0.25) is 15.0 Å². The van der Waals surface area contributed by atoms with Gasteiger partial charge in [0.2, 0.25) is 0 Å². The first-order valence-corrected chi connectivity index (χ1v) is 10.5. The number of fused-ring (bicyclic) bond motifs is 1. The first kappa shape index (κ1) is 19.5. The highest BCUT2D eigenvalue weighted by atomic mass is 32.2. The number of benzene rings is 3. The zero-order chi connectivity index (χ0) is 20.4. The number of nitrogens with zero attached hydrogens (tertiary/aromatic N) is 3. The Morgan fingerprint density at radius 3 is 2.34 bits per heavy atom. The summed E-state index contributed by atoms with van der Waals surface area (Å²) >= 11 is 0. The third kappa shape index (κ3) is 4.14. The smallest absolute Gasteiger partial charge is 0.269 e. The summed E-state index contributed by atoms with van der Waals surface area (Å²) in [6.45, 7) is 3.33. The molecule has 1 fully saturated rings. The van der Waals surface area contributed by atoms with Gasteiger partial charge in [0.1, 0.15) is 16.7 Å². The largest absolute Gasteiger partial charge is 0.507 e. The maximum atomic E-state index is 12.8. The van der Waals surface area contributed by atoms with Crippen LogP contribution in [0.4, 0.5) is 5.69 Å². The molecular formula is C21H21N3O4S. The number of nitro benzene ring substituents is 1. The Hall–Kier alpha value is -2.81. The molecule has 1 heterocycles. The molecule has 29 heavy (non-hydrogen) atoms. The van der Waals surface area contributed by atoms with Gasteiger partial charge >= 0.3 is 0 Å². The normalized spacial score (nSPS) is 16.7. The molecule has 0 amide bonds. The van der Waals surface area contributed by atoms with E-state index in [9.17, 15) is 19.4 Å². The van der Waals surface area contributed by atoms with Gasteiger partial charge in [0.15, 0.2) is 0 Å². The van der Waals surface area contributed by atoms with Gasteiger partial charge in [0.05, 0.1) is 9.82 Å². The van der Waals surface area contributed by atoms with Gasteiger partial charge < -0.3 is 5.11 Å². The SMILES string of the molecule is O=[N+]([O-])c1ccc(S(=O)N2CCN(Cc3ccc4ccccc4c3O)CC2)cc1. The monoisotopic (exact) mass is 411 g/mol. The van der Waals surface area contributed by atoms with E-state index in [1.807, 2.05) is 40.7 Å². The quantitative estimate of drug-likeness (QED) is 0.514. The molecule has 0 aliphatic carbocycles. The minimum Gasteiger partial charge on any atom is -0.507 e. The van der Waals surface area contributed by atoms with E-state index in [0.717, 1.165) is 29.4 Å². The van der Waals surface area contributed by atoms with Crippen LogP contribution in [0.3, 0.4) is 0 Å². The molecule has 0 aromatic heterocycles. The second-order valence-electron chi connectivity index (χ2n) is 7.00. The average Bonchev–Trinajstić information content (AvgIpc) is 2.76. The number of non-ortho nitro benzene ring substituents is 1. The summed E-state index contributed by atoms with van der Waals surface area (Å²) in [4.78, 5) is 13.1. The van der Waals surface area contributed by atoms with Gasteiger partial charge in [0.25, 0.3) is 5.69 Å². The summed E-state index contributed by atoms with van der Waals surface area (Å²) in [7, 11) is -1.34. The minimum absolute atomic E-state index is 0.00855. The number of phenols is 1. The van der Waals surface area contributed by atoms with Crippen LogP contribution in [0.1, 0.15) is 5.56 Å². The summed E-state index contributed by atoms with van der Waals surface area (Å²) < 4.78 is 14.6. The van der Waals surface area contributed by atoms with Crippen LogP contribution < -0.4 is 0 Å². The Morgan fingerprint density at radius 2 is 1.66 bits per heavy atom. The molecule has 150 valence electrons. The molecule has 0 spiro atoms. The van der Waals surface area contributed by atoms with Crippen LogP contribution in [0, 0.1) is 10.1 Å². The van der Waals surface area contributed by atoms with E-state index in [2.05, 4.69) is 4.90 Å². The van der Waals surface area contributed by atoms with Crippen LogP contribution in [0.15, 0.2) is 65.6 Å². The first-order valence-electron chi connectivity index (χ1n) is 9.36. The molecule has 1 atom stereocenters. The lowest BCUT2D eigenvalue weighted by molar-refractivity contribution is -0.384. The second-order valence-corrected chi connectivity index (χ2v) is 8.49. The number of aromatic hydroxyl groups is 1. The van der Waals surface area contributed by atoms with E-state index in [0.29, 0.717) is 30.3 Å². The van der Waals surface area contributed by atoms with Crippen molar-refractivity contribution in [2.24, 2.45) is 0 Å². The van der Waals surface area contributed by atoms with E-state index in [1.54, 1.807) is 12.1 Å². The number of piperazine rings is 1. The van der Waals surface area contributed by atoms with Gasteiger partial charge in [-0.25, -0.2) is 8.51 Å². The number of phenolic OH excluding ortho intramolecular Hbond substituents is 1. The maximum Gasteiger partial charge on any atom is 0.269 e. The van der Waals surface area contributed by atoms with Crippen molar-refractivity contribution < 1.29 is 14.2 Å². The summed E-state index contributed by atoms with van der Waals surface area (Å²) in [5.74, 6) is 0.319. The summed E-state index contributed by atoms with van der Waals surface area (Å²) in [6, 6.07) is 17.6. The Bertz CT molecular complexity index is 1060. The van der Waals surface area contributed by atoms with Gasteiger partial charge in [0, 0.05) is 55.8 Å². The average molecular weight is 411 g/mol. The zero-order valence-electron chi connectivity index (χ0n) is 15.7. The molecule has 1 aliphatic heterocycles. The molecule has 1 aliphatic rings. The highest BCUT2D eigenvalue weighted by Crippen LogP contribution is 2.29. The number of hydrogen-bond donors (Lipinski definition) is 1.